The summed E-state index contributed by atoms with van der Waals surface area (Å²) < 4.78 is 28.2. The molecule has 2 aromatic rings. The average Bonchev–Trinajstić information content (AvgIpc) is 2.86. The first-order chi connectivity index (χ1) is 10.5. The van der Waals surface area contributed by atoms with Crippen LogP contribution in [0, 0.1) is 0 Å². The van der Waals surface area contributed by atoms with E-state index in [4.69, 9.17) is 5.73 Å². The maximum Gasteiger partial charge on any atom is 0.243 e. The summed E-state index contributed by atoms with van der Waals surface area (Å²) in [7, 11) is -3.46. The SMILES string of the molecule is CCCCN(CCCC)S(=O)(=O)c1ccc2nc(N)sc2c1. The highest BCUT2D eigenvalue weighted by Crippen LogP contribution is 2.27. The predicted octanol–water partition coefficient (Wildman–Crippen LogP) is 3.47. The van der Waals surface area contributed by atoms with Gasteiger partial charge in [0.25, 0.3) is 0 Å². The Morgan fingerprint density at radius 3 is 2.41 bits per heavy atom. The molecule has 7 heteroatoms. The molecule has 1 aromatic carbocycles. The second-order valence-electron chi connectivity index (χ2n) is 5.29. The third-order valence-electron chi connectivity index (χ3n) is 3.54. The van der Waals surface area contributed by atoms with Gasteiger partial charge in [-0.2, -0.15) is 4.31 Å². The number of nitrogens with zero attached hydrogens (tertiary/aromatic N) is 2. The number of nitrogens with two attached hydrogens (primary N) is 1. The lowest BCUT2D eigenvalue weighted by Gasteiger charge is -2.21. The van der Waals surface area contributed by atoms with E-state index in [1.807, 2.05) is 0 Å². The lowest BCUT2D eigenvalue weighted by atomic mass is 10.3. The van der Waals surface area contributed by atoms with E-state index in [0.29, 0.717) is 23.1 Å². The summed E-state index contributed by atoms with van der Waals surface area (Å²) in [6.45, 7) is 5.27. The summed E-state index contributed by atoms with van der Waals surface area (Å²) in [5.41, 5.74) is 6.43. The molecule has 1 aromatic heterocycles. The van der Waals surface area contributed by atoms with Crippen LogP contribution in [0.4, 0.5) is 5.13 Å². The number of aromatic nitrogens is 1. The lowest BCUT2D eigenvalue weighted by molar-refractivity contribution is 0.395. The van der Waals surface area contributed by atoms with Crippen LogP contribution in [0.2, 0.25) is 0 Å². The second-order valence-corrected chi connectivity index (χ2v) is 8.29. The van der Waals surface area contributed by atoms with Gasteiger partial charge in [-0.25, -0.2) is 13.4 Å². The third kappa shape index (κ3) is 3.77. The van der Waals surface area contributed by atoms with E-state index in [-0.39, 0.29) is 0 Å². The van der Waals surface area contributed by atoms with Gasteiger partial charge in [-0.15, -0.1) is 0 Å². The van der Waals surface area contributed by atoms with Gasteiger partial charge in [0, 0.05) is 13.1 Å². The summed E-state index contributed by atoms with van der Waals surface area (Å²) in [6.07, 6.45) is 3.70. The van der Waals surface area contributed by atoms with E-state index in [0.717, 1.165) is 35.9 Å². The van der Waals surface area contributed by atoms with Gasteiger partial charge in [-0.1, -0.05) is 38.0 Å². The van der Waals surface area contributed by atoms with Crippen molar-refractivity contribution < 1.29 is 8.42 Å². The number of thiazole rings is 1. The number of anilines is 1. The predicted molar refractivity (Wildman–Crippen MR) is 92.6 cm³/mol. The van der Waals surface area contributed by atoms with Crippen LogP contribution in [-0.4, -0.2) is 30.8 Å². The van der Waals surface area contributed by atoms with Crippen LogP contribution in [0.1, 0.15) is 39.5 Å². The molecule has 0 spiro atoms. The average molecular weight is 342 g/mol. The Hall–Kier alpha value is -1.18. The molecule has 0 atom stereocenters. The normalized spacial score (nSPS) is 12.3. The third-order valence-corrected chi connectivity index (χ3v) is 6.28. The summed E-state index contributed by atoms with van der Waals surface area (Å²) in [4.78, 5) is 4.50. The number of sulfonamides is 1. The molecule has 0 aliphatic heterocycles. The Kier molecular flexibility index (Phi) is 5.77. The highest BCUT2D eigenvalue weighted by atomic mass is 32.2. The molecule has 0 aliphatic carbocycles. The summed E-state index contributed by atoms with van der Waals surface area (Å²) >= 11 is 1.31. The minimum Gasteiger partial charge on any atom is -0.375 e. The van der Waals surface area contributed by atoms with Gasteiger partial charge in [0.05, 0.1) is 15.1 Å². The summed E-state index contributed by atoms with van der Waals surface area (Å²) in [5.74, 6) is 0. The first-order valence-corrected chi connectivity index (χ1v) is 9.91. The molecule has 0 radical (unpaired) electrons. The van der Waals surface area contributed by atoms with Crippen LogP contribution in [-0.2, 0) is 10.0 Å². The molecule has 22 heavy (non-hydrogen) atoms. The van der Waals surface area contributed by atoms with Crippen LogP contribution in [0.25, 0.3) is 10.2 Å². The first-order valence-electron chi connectivity index (χ1n) is 7.65. The number of fused-ring (bicyclic) bond motifs is 1. The summed E-state index contributed by atoms with van der Waals surface area (Å²) in [6, 6.07) is 5.04. The molecule has 0 amide bonds. The Balaban J connectivity index is 2.34. The van der Waals surface area contributed by atoms with Crippen LogP contribution in [0.3, 0.4) is 0 Å². The molecule has 0 saturated heterocycles. The van der Waals surface area contributed by atoms with E-state index in [9.17, 15) is 8.42 Å². The van der Waals surface area contributed by atoms with Gasteiger partial charge in [0.2, 0.25) is 10.0 Å². The molecule has 2 rings (SSSR count). The topological polar surface area (TPSA) is 76.3 Å². The van der Waals surface area contributed by atoms with Crippen molar-refractivity contribution in [3.63, 3.8) is 0 Å². The van der Waals surface area contributed by atoms with Crippen molar-refractivity contribution in [1.82, 2.24) is 9.29 Å². The monoisotopic (exact) mass is 341 g/mol. The van der Waals surface area contributed by atoms with Gasteiger partial charge in [0.1, 0.15) is 0 Å². The van der Waals surface area contributed by atoms with Crippen molar-refractivity contribution >= 4 is 36.7 Å². The van der Waals surface area contributed by atoms with Gasteiger partial charge in [-0.3, -0.25) is 0 Å². The van der Waals surface area contributed by atoms with Gasteiger partial charge >= 0.3 is 0 Å². The van der Waals surface area contributed by atoms with Crippen LogP contribution in [0.5, 0.6) is 0 Å². The van der Waals surface area contributed by atoms with Gasteiger partial charge in [-0.05, 0) is 31.0 Å². The Labute approximate surface area is 136 Å². The first kappa shape index (κ1) is 17.2. The number of rotatable bonds is 8. The highest BCUT2D eigenvalue weighted by Gasteiger charge is 2.24. The van der Waals surface area contributed by atoms with Crippen LogP contribution >= 0.6 is 11.3 Å². The van der Waals surface area contributed by atoms with Gasteiger partial charge in [0.15, 0.2) is 5.13 Å². The zero-order chi connectivity index (χ0) is 16.2. The van der Waals surface area contributed by atoms with Gasteiger partial charge < -0.3 is 5.73 Å². The maximum atomic E-state index is 12.9. The van der Waals surface area contributed by atoms with Crippen molar-refractivity contribution in [1.29, 1.82) is 0 Å². The molecule has 5 nitrogen and oxygen atoms in total. The fraction of sp³-hybridized carbons (Fsp3) is 0.533. The van der Waals surface area contributed by atoms with E-state index in [2.05, 4.69) is 18.8 Å². The second kappa shape index (κ2) is 7.39. The molecular weight excluding hydrogens is 318 g/mol. The largest absolute Gasteiger partial charge is 0.375 e. The molecule has 1 heterocycles. The van der Waals surface area contributed by atoms with Crippen LogP contribution in [0.15, 0.2) is 23.1 Å². The standard InChI is InChI=1S/C15H23N3O2S2/c1-3-5-9-18(10-6-4-2)22(19,20)12-7-8-13-14(11-12)21-15(16)17-13/h7-8,11H,3-6,9-10H2,1-2H3,(H2,16,17). The minimum absolute atomic E-state index is 0.329. The van der Waals surface area contributed by atoms with Crippen LogP contribution < -0.4 is 5.73 Å². The molecule has 0 bridgehead atoms. The highest BCUT2D eigenvalue weighted by molar-refractivity contribution is 7.89. The fourth-order valence-corrected chi connectivity index (χ4v) is 4.65. The molecule has 2 N–H and O–H groups in total. The maximum absolute atomic E-state index is 12.9. The molecular formula is C15H23N3O2S2. The number of hydrogen-bond donors (Lipinski definition) is 1. The van der Waals surface area contributed by atoms with E-state index >= 15 is 0 Å². The molecule has 0 aliphatic rings. The summed E-state index contributed by atoms with van der Waals surface area (Å²) in [5, 5.41) is 0.457. The zero-order valence-electron chi connectivity index (χ0n) is 13.1. The van der Waals surface area contributed by atoms with Crippen molar-refractivity contribution in [2.75, 3.05) is 18.8 Å². The molecule has 122 valence electrons. The smallest absolute Gasteiger partial charge is 0.243 e. The molecule has 0 unspecified atom stereocenters. The van der Waals surface area contributed by atoms with Crippen molar-refractivity contribution in [3.8, 4) is 0 Å². The molecule has 0 saturated carbocycles. The molecule has 0 fully saturated rings. The zero-order valence-corrected chi connectivity index (χ0v) is 14.7. The quantitative estimate of drug-likeness (QED) is 0.797. The lowest BCUT2D eigenvalue weighted by Crippen LogP contribution is -2.33. The number of hydrogen-bond acceptors (Lipinski definition) is 5. The van der Waals surface area contributed by atoms with Crippen molar-refractivity contribution in [3.05, 3.63) is 18.2 Å². The van der Waals surface area contributed by atoms with E-state index < -0.39 is 10.0 Å². The Morgan fingerprint density at radius 1 is 1.18 bits per heavy atom. The van der Waals surface area contributed by atoms with Crippen molar-refractivity contribution in [2.45, 2.75) is 44.4 Å². The van der Waals surface area contributed by atoms with Crippen molar-refractivity contribution in [2.24, 2.45) is 0 Å². The Bertz CT molecular complexity index is 717. The number of nitrogen functional groups attached to an aromatic ring is 1. The minimum atomic E-state index is -3.46. The Morgan fingerprint density at radius 2 is 1.82 bits per heavy atom. The number of benzene rings is 1. The van der Waals surface area contributed by atoms with E-state index in [1.54, 1.807) is 22.5 Å². The number of unbranched alkanes of at least 4 members (excludes halogenated alkanes) is 2. The fourth-order valence-electron chi connectivity index (χ4n) is 2.25. The van der Waals surface area contributed by atoms with E-state index in [1.165, 1.54) is 11.3 Å².